The van der Waals surface area contributed by atoms with Crippen LogP contribution in [0.25, 0.3) is 10.1 Å². The van der Waals surface area contributed by atoms with Gasteiger partial charge in [0.15, 0.2) is 5.15 Å². The number of ether oxygens (including phenoxy) is 1. The van der Waals surface area contributed by atoms with Gasteiger partial charge in [0, 0.05) is 30.3 Å². The van der Waals surface area contributed by atoms with Gasteiger partial charge >= 0.3 is 0 Å². The molecular weight excluding hydrogens is 330 g/mol. The molecule has 6 heteroatoms. The lowest BCUT2D eigenvalue weighted by Crippen LogP contribution is -2.48. The first-order valence-electron chi connectivity index (χ1n) is 7.56. The van der Waals surface area contributed by atoms with Crippen LogP contribution in [0.3, 0.4) is 0 Å². The van der Waals surface area contributed by atoms with E-state index in [1.54, 1.807) is 6.20 Å². The molecule has 0 N–H and O–H groups in total. The number of hydrogen-bond acceptors (Lipinski definition) is 5. The Labute approximate surface area is 143 Å². The van der Waals surface area contributed by atoms with Crippen LogP contribution < -0.4 is 4.74 Å². The van der Waals surface area contributed by atoms with Gasteiger partial charge < -0.3 is 4.74 Å². The van der Waals surface area contributed by atoms with Gasteiger partial charge in [-0.1, -0.05) is 29.8 Å². The number of halogens is 1. The van der Waals surface area contributed by atoms with Crippen LogP contribution in [0.4, 0.5) is 0 Å². The molecule has 1 aromatic carbocycles. The van der Waals surface area contributed by atoms with Crippen molar-refractivity contribution in [1.82, 2.24) is 14.9 Å². The molecule has 0 amide bonds. The van der Waals surface area contributed by atoms with Gasteiger partial charge in [0.05, 0.1) is 19.0 Å². The lowest BCUT2D eigenvalue weighted by Gasteiger charge is -2.38. The molecular formula is C17H16ClN3OS. The quantitative estimate of drug-likeness (QED) is 0.704. The topological polar surface area (TPSA) is 38.2 Å². The Morgan fingerprint density at radius 1 is 1.26 bits per heavy atom. The average molecular weight is 346 g/mol. The number of rotatable bonds is 5. The summed E-state index contributed by atoms with van der Waals surface area (Å²) in [5, 5.41) is 4.02. The third-order valence-electron chi connectivity index (χ3n) is 4.04. The first kappa shape index (κ1) is 14.9. The summed E-state index contributed by atoms with van der Waals surface area (Å²) in [6, 6.07) is 8.59. The highest BCUT2D eigenvalue weighted by Gasteiger charge is 2.27. The number of aromatic nitrogens is 2. The maximum absolute atomic E-state index is 5.80. The van der Waals surface area contributed by atoms with Crippen molar-refractivity contribution in [3.05, 3.63) is 52.8 Å². The summed E-state index contributed by atoms with van der Waals surface area (Å²) in [5.74, 6) is 1.04. The number of nitrogens with zero attached hydrogens (tertiary/aromatic N) is 3. The normalized spacial score (nSPS) is 15.7. The molecule has 3 heterocycles. The first-order valence-corrected chi connectivity index (χ1v) is 8.81. The zero-order valence-corrected chi connectivity index (χ0v) is 14.1. The van der Waals surface area contributed by atoms with E-state index in [9.17, 15) is 0 Å². The number of hydrogen-bond donors (Lipinski definition) is 0. The number of thiophene rings is 1. The largest absolute Gasteiger partial charge is 0.476 e. The molecule has 1 fully saturated rings. The van der Waals surface area contributed by atoms with Crippen molar-refractivity contribution in [3.63, 3.8) is 0 Å². The highest BCUT2D eigenvalue weighted by Crippen LogP contribution is 2.28. The van der Waals surface area contributed by atoms with E-state index in [0.29, 0.717) is 23.6 Å². The molecule has 1 saturated heterocycles. The highest BCUT2D eigenvalue weighted by molar-refractivity contribution is 7.17. The van der Waals surface area contributed by atoms with Crippen LogP contribution in [-0.4, -0.2) is 34.6 Å². The SMILES string of the molecule is Clc1cncc(OCC2CN(Cc3csc4ccccc34)C2)n1. The van der Waals surface area contributed by atoms with Gasteiger partial charge in [0.2, 0.25) is 5.88 Å². The highest BCUT2D eigenvalue weighted by atomic mass is 35.5. The second-order valence-electron chi connectivity index (χ2n) is 5.81. The summed E-state index contributed by atoms with van der Waals surface area (Å²) in [6.07, 6.45) is 3.10. The van der Waals surface area contributed by atoms with Crippen LogP contribution in [-0.2, 0) is 6.54 Å². The maximum atomic E-state index is 5.80. The van der Waals surface area contributed by atoms with E-state index in [-0.39, 0.29) is 0 Å². The van der Waals surface area contributed by atoms with Crippen LogP contribution in [0.1, 0.15) is 5.56 Å². The third-order valence-corrected chi connectivity index (χ3v) is 5.23. The molecule has 0 radical (unpaired) electrons. The van der Waals surface area contributed by atoms with E-state index < -0.39 is 0 Å². The van der Waals surface area contributed by atoms with Gasteiger partial charge in [0.25, 0.3) is 0 Å². The Bertz CT molecular complexity index is 816. The summed E-state index contributed by atoms with van der Waals surface area (Å²) >= 11 is 7.62. The summed E-state index contributed by atoms with van der Waals surface area (Å²) < 4.78 is 7.03. The summed E-state index contributed by atoms with van der Waals surface area (Å²) in [5.41, 5.74) is 1.42. The Hall–Kier alpha value is -1.69. The van der Waals surface area contributed by atoms with Crippen molar-refractivity contribution in [3.8, 4) is 5.88 Å². The molecule has 0 saturated carbocycles. The zero-order chi connectivity index (χ0) is 15.6. The van der Waals surface area contributed by atoms with Crippen molar-refractivity contribution in [2.45, 2.75) is 6.54 Å². The molecule has 0 spiro atoms. The van der Waals surface area contributed by atoms with Gasteiger partial charge in [-0.15, -0.1) is 11.3 Å². The van der Waals surface area contributed by atoms with E-state index in [2.05, 4.69) is 44.5 Å². The molecule has 4 nitrogen and oxygen atoms in total. The number of benzene rings is 1. The van der Waals surface area contributed by atoms with Crippen LogP contribution in [0.2, 0.25) is 5.15 Å². The van der Waals surface area contributed by atoms with Crippen molar-refractivity contribution in [1.29, 1.82) is 0 Å². The van der Waals surface area contributed by atoms with E-state index in [1.165, 1.54) is 21.8 Å². The number of fused-ring (bicyclic) bond motifs is 1. The Kier molecular flexibility index (Phi) is 4.16. The van der Waals surface area contributed by atoms with E-state index in [0.717, 1.165) is 19.6 Å². The molecule has 118 valence electrons. The molecule has 3 aromatic rings. The molecule has 0 bridgehead atoms. The monoisotopic (exact) mass is 345 g/mol. The van der Waals surface area contributed by atoms with Crippen LogP contribution in [0.15, 0.2) is 42.0 Å². The van der Waals surface area contributed by atoms with E-state index in [4.69, 9.17) is 16.3 Å². The molecule has 23 heavy (non-hydrogen) atoms. The minimum Gasteiger partial charge on any atom is -0.476 e. The molecule has 2 aromatic heterocycles. The van der Waals surface area contributed by atoms with Crippen LogP contribution in [0, 0.1) is 5.92 Å². The smallest absolute Gasteiger partial charge is 0.233 e. The zero-order valence-electron chi connectivity index (χ0n) is 12.5. The fourth-order valence-corrected chi connectivity index (χ4v) is 4.00. The van der Waals surface area contributed by atoms with E-state index >= 15 is 0 Å². The van der Waals surface area contributed by atoms with Crippen molar-refractivity contribution in [2.24, 2.45) is 5.92 Å². The minimum absolute atomic E-state index is 0.363. The van der Waals surface area contributed by atoms with Gasteiger partial charge in [-0.2, -0.15) is 4.98 Å². The molecule has 0 aliphatic carbocycles. The molecule has 0 atom stereocenters. The molecule has 1 aliphatic heterocycles. The summed E-state index contributed by atoms with van der Waals surface area (Å²) in [6.45, 7) is 3.78. The predicted molar refractivity (Wildman–Crippen MR) is 93.1 cm³/mol. The predicted octanol–water partition coefficient (Wildman–Crippen LogP) is 3.86. The van der Waals surface area contributed by atoms with Gasteiger partial charge in [0.1, 0.15) is 0 Å². The molecule has 4 rings (SSSR count). The van der Waals surface area contributed by atoms with Crippen molar-refractivity contribution >= 4 is 33.0 Å². The third kappa shape index (κ3) is 3.32. The van der Waals surface area contributed by atoms with Crippen LogP contribution >= 0.6 is 22.9 Å². The first-order chi connectivity index (χ1) is 11.3. The molecule has 0 unspecified atom stereocenters. The lowest BCUT2D eigenvalue weighted by atomic mass is 10.0. The second-order valence-corrected chi connectivity index (χ2v) is 7.11. The standard InChI is InChI=1S/C17H16ClN3OS/c18-16-5-19-6-17(20-16)22-10-12-7-21(8-12)9-13-11-23-15-4-2-1-3-14(13)15/h1-6,11-12H,7-10H2. The second kappa shape index (κ2) is 6.43. The van der Waals surface area contributed by atoms with Gasteiger partial charge in [-0.25, -0.2) is 0 Å². The van der Waals surface area contributed by atoms with E-state index in [1.807, 2.05) is 11.3 Å². The van der Waals surface area contributed by atoms with Crippen molar-refractivity contribution < 1.29 is 4.74 Å². The summed E-state index contributed by atoms with van der Waals surface area (Å²) in [4.78, 5) is 10.5. The van der Waals surface area contributed by atoms with Crippen LogP contribution in [0.5, 0.6) is 5.88 Å². The summed E-state index contributed by atoms with van der Waals surface area (Å²) in [7, 11) is 0. The maximum Gasteiger partial charge on any atom is 0.233 e. The minimum atomic E-state index is 0.363. The fraction of sp³-hybridized carbons (Fsp3) is 0.294. The van der Waals surface area contributed by atoms with Crippen molar-refractivity contribution in [2.75, 3.05) is 19.7 Å². The van der Waals surface area contributed by atoms with Gasteiger partial charge in [-0.05, 0) is 22.4 Å². The molecule has 1 aliphatic rings. The average Bonchev–Trinajstić information content (AvgIpc) is 2.93. The number of likely N-dealkylation sites (tertiary alicyclic amines) is 1. The van der Waals surface area contributed by atoms with Gasteiger partial charge in [-0.3, -0.25) is 9.88 Å². The lowest BCUT2D eigenvalue weighted by molar-refractivity contribution is 0.0547. The fourth-order valence-electron chi connectivity index (χ4n) is 2.91. The Balaban J connectivity index is 1.28. The Morgan fingerprint density at radius 3 is 3.00 bits per heavy atom. The Morgan fingerprint density at radius 2 is 2.13 bits per heavy atom.